The number of benzene rings is 1. The summed E-state index contributed by atoms with van der Waals surface area (Å²) in [5.74, 6) is -2.26. The van der Waals surface area contributed by atoms with Crippen molar-refractivity contribution in [1.82, 2.24) is 19.6 Å². The molecule has 2 aliphatic carbocycles. The molecule has 2 aromatic rings. The second-order valence-electron chi connectivity index (χ2n) is 10.5. The van der Waals surface area contributed by atoms with Crippen molar-refractivity contribution in [2.24, 2.45) is 29.4 Å². The van der Waals surface area contributed by atoms with Crippen molar-refractivity contribution < 1.29 is 22.8 Å². The van der Waals surface area contributed by atoms with E-state index in [1.807, 2.05) is 12.2 Å². The van der Waals surface area contributed by atoms with Crippen LogP contribution < -0.4 is 25.8 Å². The Kier molecular flexibility index (Phi) is 7.73. The Balaban J connectivity index is 1.32. The highest BCUT2D eigenvalue weighted by atomic mass is 35.5. The first-order valence-electron chi connectivity index (χ1n) is 12.8. The number of amides is 1. The van der Waals surface area contributed by atoms with Gasteiger partial charge in [-0.25, -0.2) is 22.5 Å². The number of nitrogens with zero attached hydrogens (tertiary/aromatic N) is 4. The van der Waals surface area contributed by atoms with E-state index in [9.17, 15) is 22.5 Å². The van der Waals surface area contributed by atoms with E-state index in [0.717, 1.165) is 19.3 Å². The lowest BCUT2D eigenvalue weighted by atomic mass is 9.78. The fourth-order valence-corrected chi connectivity index (χ4v) is 7.58. The van der Waals surface area contributed by atoms with Gasteiger partial charge >= 0.3 is 0 Å². The van der Waals surface area contributed by atoms with E-state index in [2.05, 4.69) is 29.8 Å². The number of rotatable bonds is 9. The molecule has 5 N–H and O–H groups in total. The number of likely N-dealkylation sites (N-methyl/N-ethyl adjacent to an activating group) is 1. The van der Waals surface area contributed by atoms with Crippen molar-refractivity contribution in [3.05, 3.63) is 40.4 Å². The van der Waals surface area contributed by atoms with Gasteiger partial charge in [0, 0.05) is 66.7 Å². The number of hydrogen-bond donors (Lipinski definition) is 4. The number of carbonyl (C=O) groups excluding carboxylic acids is 1. The average Bonchev–Trinajstić information content (AvgIpc) is 3.48. The van der Waals surface area contributed by atoms with Gasteiger partial charge < -0.3 is 20.9 Å². The third-order valence-electron chi connectivity index (χ3n) is 8.21. The lowest BCUT2D eigenvalue weighted by Crippen LogP contribution is -2.56. The zero-order valence-electron chi connectivity index (χ0n) is 21.3. The van der Waals surface area contributed by atoms with Crippen LogP contribution in [0.5, 0.6) is 0 Å². The van der Waals surface area contributed by atoms with Gasteiger partial charge in [-0.3, -0.25) is 4.79 Å². The summed E-state index contributed by atoms with van der Waals surface area (Å²) < 4.78 is 43.7. The predicted octanol–water partition coefficient (Wildman–Crippen LogP) is 0.0159. The molecule has 1 amide bonds. The van der Waals surface area contributed by atoms with Crippen LogP contribution in [0.3, 0.4) is 0 Å². The maximum atomic E-state index is 14.3. The first-order valence-corrected chi connectivity index (χ1v) is 14.6. The topological polar surface area (TPSA) is 165 Å². The van der Waals surface area contributed by atoms with E-state index in [-0.39, 0.29) is 46.0 Å². The number of aromatic nitrogens is 2. The molecule has 1 saturated heterocycles. The normalized spacial score (nSPS) is 27.1. The molecule has 15 heteroatoms. The highest BCUT2D eigenvalue weighted by Crippen LogP contribution is 2.52. The first kappa shape index (κ1) is 27.6. The smallest absolute Gasteiger partial charge is 0.256 e. The van der Waals surface area contributed by atoms with Crippen molar-refractivity contribution in [3.8, 4) is 0 Å². The summed E-state index contributed by atoms with van der Waals surface area (Å²) in [5.41, 5.74) is 6.50. The molecule has 210 valence electrons. The standard InChI is InChI=1S/C24H30ClFN8O4S/c1-33-2-4-34(5-3-33)16-8-15(32-36)9-17(10-16)39(37,38)29-11-14-6-13-7-18(14)21(20(13)22(27)35)30-23-19(26)12-28-24(25)31-23/h8-10,12-14,18,20-21,29H,2-7,11H2,1H3,(H2,27,35)(H,28,30,31)/p+1/t13-,14-,18+,20-,21+/m0/s1. The Hall–Kier alpha value is -2.94. The third-order valence-corrected chi connectivity index (χ3v) is 9.80. The number of nitroso groups, excluding NO2 is 1. The van der Waals surface area contributed by atoms with E-state index in [4.69, 9.17) is 17.3 Å². The third kappa shape index (κ3) is 5.69. The Labute approximate surface area is 230 Å². The molecule has 5 rings (SSSR count). The zero-order chi connectivity index (χ0) is 27.9. The molecule has 1 aromatic carbocycles. The number of hydrogen-bond acceptors (Lipinski definition) is 9. The highest BCUT2D eigenvalue weighted by Gasteiger charge is 2.55. The number of anilines is 2. The average molecular weight is 582 g/mol. The molecule has 2 bridgehead atoms. The number of piperazine rings is 1. The molecular formula is C24H31ClFN8O4S+. The van der Waals surface area contributed by atoms with Crippen LogP contribution in [0.1, 0.15) is 12.8 Å². The SMILES string of the molecule is CN1CCN(c2cc([NH+]=O)cc(S(=O)(=O)NC[C@@H]3C[C@H]4C[C@H]3[C@@H](Nc3nc(Cl)ncc3F)[C@H]4C(N)=O)c2)CC1. The van der Waals surface area contributed by atoms with Crippen LogP contribution in [-0.4, -0.2) is 75.0 Å². The summed E-state index contributed by atoms with van der Waals surface area (Å²) in [4.78, 5) is 35.5. The summed E-state index contributed by atoms with van der Waals surface area (Å²) in [6, 6.07) is 3.99. The molecule has 1 aliphatic heterocycles. The van der Waals surface area contributed by atoms with Crippen molar-refractivity contribution in [1.29, 1.82) is 0 Å². The van der Waals surface area contributed by atoms with E-state index in [1.165, 1.54) is 6.07 Å². The zero-order valence-corrected chi connectivity index (χ0v) is 22.9. The van der Waals surface area contributed by atoms with Crippen LogP contribution in [0.4, 0.5) is 21.6 Å². The molecule has 0 unspecified atom stereocenters. The lowest BCUT2D eigenvalue weighted by Gasteiger charge is -2.35. The van der Waals surface area contributed by atoms with Crippen molar-refractivity contribution >= 4 is 44.7 Å². The minimum Gasteiger partial charge on any atom is -0.369 e. The second-order valence-corrected chi connectivity index (χ2v) is 12.7. The molecule has 3 fully saturated rings. The maximum Gasteiger partial charge on any atom is 0.256 e. The minimum atomic E-state index is -3.96. The Morgan fingerprint density at radius 1 is 1.23 bits per heavy atom. The molecular weight excluding hydrogens is 551 g/mol. The number of primary amides is 1. The molecule has 39 heavy (non-hydrogen) atoms. The van der Waals surface area contributed by atoms with Gasteiger partial charge in [0.1, 0.15) is 0 Å². The van der Waals surface area contributed by atoms with Gasteiger partial charge in [0.2, 0.25) is 21.2 Å². The highest BCUT2D eigenvalue weighted by molar-refractivity contribution is 7.89. The van der Waals surface area contributed by atoms with Crippen LogP contribution in [-0.2, 0) is 14.8 Å². The Morgan fingerprint density at radius 2 is 1.97 bits per heavy atom. The number of nitrogens with one attached hydrogen (secondary N) is 3. The van der Waals surface area contributed by atoms with Gasteiger partial charge in [0.05, 0.1) is 17.0 Å². The largest absolute Gasteiger partial charge is 0.369 e. The molecule has 2 saturated carbocycles. The lowest BCUT2D eigenvalue weighted by molar-refractivity contribution is -0.379. The van der Waals surface area contributed by atoms with Crippen molar-refractivity contribution in [3.63, 3.8) is 0 Å². The van der Waals surface area contributed by atoms with Gasteiger partial charge in [-0.15, -0.1) is 0 Å². The fraction of sp³-hybridized carbons (Fsp3) is 0.542. The van der Waals surface area contributed by atoms with Gasteiger partial charge in [-0.2, -0.15) is 4.98 Å². The van der Waals surface area contributed by atoms with E-state index < -0.39 is 33.7 Å². The van der Waals surface area contributed by atoms with Gasteiger partial charge in [-0.1, -0.05) is 0 Å². The van der Waals surface area contributed by atoms with E-state index in [0.29, 0.717) is 31.6 Å². The van der Waals surface area contributed by atoms with Crippen LogP contribution >= 0.6 is 11.6 Å². The molecule has 2 heterocycles. The second kappa shape index (κ2) is 10.9. The summed E-state index contributed by atoms with van der Waals surface area (Å²) in [5, 5.41) is 4.67. The summed E-state index contributed by atoms with van der Waals surface area (Å²) in [6.45, 7) is 3.19. The van der Waals surface area contributed by atoms with E-state index >= 15 is 0 Å². The van der Waals surface area contributed by atoms with Gasteiger partial charge in [-0.05, 0) is 55.3 Å². The summed E-state index contributed by atoms with van der Waals surface area (Å²) in [6.07, 6.45) is 2.18. The van der Waals surface area contributed by atoms with Gasteiger partial charge in [0.25, 0.3) is 5.69 Å². The summed E-state index contributed by atoms with van der Waals surface area (Å²) >= 11 is 5.83. The molecule has 3 aliphatic rings. The Bertz CT molecular complexity index is 1370. The molecule has 5 atom stereocenters. The molecule has 0 radical (unpaired) electrons. The molecule has 1 aromatic heterocycles. The van der Waals surface area contributed by atoms with Crippen LogP contribution in [0.15, 0.2) is 29.3 Å². The predicted molar refractivity (Wildman–Crippen MR) is 142 cm³/mol. The Morgan fingerprint density at radius 3 is 2.67 bits per heavy atom. The van der Waals surface area contributed by atoms with Crippen molar-refractivity contribution in [2.45, 2.75) is 23.8 Å². The maximum absolute atomic E-state index is 14.3. The number of halogens is 2. The number of fused-ring (bicyclic) bond motifs is 2. The van der Waals surface area contributed by atoms with E-state index in [1.54, 1.807) is 12.1 Å². The van der Waals surface area contributed by atoms with Gasteiger partial charge in [0.15, 0.2) is 11.6 Å². The van der Waals surface area contributed by atoms with Crippen LogP contribution in [0.25, 0.3) is 0 Å². The first-order chi connectivity index (χ1) is 18.6. The number of carbonyl (C=O) groups is 1. The number of nitrogens with two attached hydrogens (primary N) is 1. The fourth-order valence-electron chi connectivity index (χ4n) is 6.28. The summed E-state index contributed by atoms with van der Waals surface area (Å²) in [7, 11) is -1.94. The number of sulfonamides is 1. The van der Waals surface area contributed by atoms with Crippen LogP contribution in [0, 0.1) is 34.4 Å². The van der Waals surface area contributed by atoms with Crippen LogP contribution in [0.2, 0.25) is 5.28 Å². The monoisotopic (exact) mass is 581 g/mol. The quantitative estimate of drug-likeness (QED) is 0.299. The molecule has 12 nitrogen and oxygen atoms in total. The molecule has 0 spiro atoms. The van der Waals surface area contributed by atoms with Crippen molar-refractivity contribution in [2.75, 3.05) is 50.0 Å². The minimum absolute atomic E-state index is 0.0113.